The molecule has 0 aliphatic heterocycles. The standard InChI is InChI=1S/C26H37N3O5S/c1-6-16-27-26(31)21(3)28(19-22-12-14-24(34-4)15-13-22)25(30)11-8-17-29(35(5,32)33)23-10-7-9-20(2)18-23/h7,9-10,12-15,18,21H,6,8,11,16-17,19H2,1-5H3,(H,27,31)/t21-/m1/s1. The molecule has 1 atom stereocenters. The fourth-order valence-electron chi connectivity index (χ4n) is 3.69. The zero-order valence-electron chi connectivity index (χ0n) is 21.3. The predicted octanol–water partition coefficient (Wildman–Crippen LogP) is 3.49. The smallest absolute Gasteiger partial charge is 0.242 e. The summed E-state index contributed by atoms with van der Waals surface area (Å²) >= 11 is 0. The van der Waals surface area contributed by atoms with Gasteiger partial charge in [-0.15, -0.1) is 0 Å². The van der Waals surface area contributed by atoms with Gasteiger partial charge in [-0.1, -0.05) is 31.2 Å². The van der Waals surface area contributed by atoms with Crippen LogP contribution in [0.5, 0.6) is 5.75 Å². The van der Waals surface area contributed by atoms with Gasteiger partial charge in [0.05, 0.1) is 19.1 Å². The first-order chi connectivity index (χ1) is 16.6. The number of hydrogen-bond donors (Lipinski definition) is 1. The summed E-state index contributed by atoms with van der Waals surface area (Å²) in [5, 5.41) is 2.85. The van der Waals surface area contributed by atoms with Crippen LogP contribution in [0, 0.1) is 6.92 Å². The highest BCUT2D eigenvalue weighted by Crippen LogP contribution is 2.20. The number of hydrogen-bond acceptors (Lipinski definition) is 5. The van der Waals surface area contributed by atoms with Gasteiger partial charge >= 0.3 is 0 Å². The van der Waals surface area contributed by atoms with Gasteiger partial charge in [-0.05, 0) is 62.1 Å². The molecule has 0 spiro atoms. The number of nitrogens with zero attached hydrogens (tertiary/aromatic N) is 2. The molecule has 9 heteroatoms. The Hall–Kier alpha value is -3.07. The molecular weight excluding hydrogens is 466 g/mol. The summed E-state index contributed by atoms with van der Waals surface area (Å²) in [5.74, 6) is 0.279. The van der Waals surface area contributed by atoms with E-state index in [4.69, 9.17) is 4.74 Å². The van der Waals surface area contributed by atoms with Gasteiger partial charge in [-0.3, -0.25) is 13.9 Å². The van der Waals surface area contributed by atoms with Crippen LogP contribution < -0.4 is 14.4 Å². The molecule has 2 aromatic rings. The van der Waals surface area contributed by atoms with Crippen molar-refractivity contribution < 1.29 is 22.7 Å². The van der Waals surface area contributed by atoms with Crippen molar-refractivity contribution in [1.82, 2.24) is 10.2 Å². The Bertz CT molecular complexity index is 1090. The number of carbonyl (C=O) groups is 2. The van der Waals surface area contributed by atoms with Gasteiger partial charge in [-0.2, -0.15) is 0 Å². The molecule has 0 fully saturated rings. The maximum Gasteiger partial charge on any atom is 0.242 e. The molecule has 2 rings (SSSR count). The number of sulfonamides is 1. The highest BCUT2D eigenvalue weighted by molar-refractivity contribution is 7.92. The van der Waals surface area contributed by atoms with Crippen LogP contribution in [-0.2, 0) is 26.2 Å². The number of amides is 2. The third-order valence-corrected chi connectivity index (χ3v) is 6.86. The van der Waals surface area contributed by atoms with Crippen LogP contribution in [-0.4, -0.2) is 57.6 Å². The van der Waals surface area contributed by atoms with Gasteiger partial charge in [0.15, 0.2) is 0 Å². The average Bonchev–Trinajstić information content (AvgIpc) is 2.82. The first-order valence-corrected chi connectivity index (χ1v) is 13.7. The van der Waals surface area contributed by atoms with Crippen molar-refractivity contribution in [1.29, 1.82) is 0 Å². The molecule has 0 aliphatic rings. The van der Waals surface area contributed by atoms with Crippen LogP contribution in [0.2, 0.25) is 0 Å². The quantitative estimate of drug-likeness (QED) is 0.451. The van der Waals surface area contributed by atoms with E-state index in [0.29, 0.717) is 24.4 Å². The normalized spacial score (nSPS) is 12.0. The minimum absolute atomic E-state index is 0.111. The van der Waals surface area contributed by atoms with Crippen molar-refractivity contribution in [3.63, 3.8) is 0 Å². The number of aryl methyl sites for hydroxylation is 1. The minimum atomic E-state index is -3.52. The van der Waals surface area contributed by atoms with E-state index in [1.54, 1.807) is 37.1 Å². The van der Waals surface area contributed by atoms with Crippen molar-refractivity contribution in [3.05, 3.63) is 59.7 Å². The molecule has 0 unspecified atom stereocenters. The lowest BCUT2D eigenvalue weighted by Gasteiger charge is -2.29. The first kappa shape index (κ1) is 28.2. The van der Waals surface area contributed by atoms with Gasteiger partial charge in [0.25, 0.3) is 0 Å². The summed E-state index contributed by atoms with van der Waals surface area (Å²) in [4.78, 5) is 27.5. The molecule has 0 heterocycles. The van der Waals surface area contributed by atoms with Gasteiger partial charge in [-0.25, -0.2) is 8.42 Å². The third-order valence-electron chi connectivity index (χ3n) is 5.67. The van der Waals surface area contributed by atoms with Crippen LogP contribution in [0.1, 0.15) is 44.2 Å². The molecule has 0 radical (unpaired) electrons. The SMILES string of the molecule is CCCNC(=O)[C@@H](C)N(Cc1ccc(OC)cc1)C(=O)CCCN(c1cccc(C)c1)S(C)(=O)=O. The predicted molar refractivity (Wildman–Crippen MR) is 139 cm³/mol. The zero-order chi connectivity index (χ0) is 26.0. The number of rotatable bonds is 13. The number of benzene rings is 2. The largest absolute Gasteiger partial charge is 0.497 e. The Labute approximate surface area is 209 Å². The number of carbonyl (C=O) groups excluding carboxylic acids is 2. The zero-order valence-corrected chi connectivity index (χ0v) is 22.1. The summed E-state index contributed by atoms with van der Waals surface area (Å²) in [6, 6.07) is 13.9. The number of nitrogens with one attached hydrogen (secondary N) is 1. The number of ether oxygens (including phenoxy) is 1. The van der Waals surface area contributed by atoms with Gasteiger partial charge in [0.1, 0.15) is 11.8 Å². The maximum absolute atomic E-state index is 13.3. The van der Waals surface area contributed by atoms with Gasteiger partial charge in [0.2, 0.25) is 21.8 Å². The van der Waals surface area contributed by atoms with E-state index in [1.165, 1.54) is 4.31 Å². The van der Waals surface area contributed by atoms with Crippen LogP contribution in [0.15, 0.2) is 48.5 Å². The van der Waals surface area contributed by atoms with Crippen LogP contribution >= 0.6 is 0 Å². The summed E-state index contributed by atoms with van der Waals surface area (Å²) < 4.78 is 31.3. The summed E-state index contributed by atoms with van der Waals surface area (Å²) in [6.07, 6.45) is 2.39. The van der Waals surface area contributed by atoms with E-state index in [-0.39, 0.29) is 31.3 Å². The Morgan fingerprint density at radius 3 is 2.37 bits per heavy atom. The Morgan fingerprint density at radius 2 is 1.80 bits per heavy atom. The highest BCUT2D eigenvalue weighted by Gasteiger charge is 2.26. The second-order valence-corrected chi connectivity index (χ2v) is 10.5. The Kier molecular flexibility index (Phi) is 10.6. The van der Waals surface area contributed by atoms with Crippen LogP contribution in [0.4, 0.5) is 5.69 Å². The van der Waals surface area contributed by atoms with Gasteiger partial charge < -0.3 is 15.0 Å². The molecule has 1 N–H and O–H groups in total. The minimum Gasteiger partial charge on any atom is -0.497 e. The molecule has 35 heavy (non-hydrogen) atoms. The maximum atomic E-state index is 13.3. The third kappa shape index (κ3) is 8.58. The Balaban J connectivity index is 2.15. The monoisotopic (exact) mass is 503 g/mol. The van der Waals surface area contributed by atoms with Crippen molar-refractivity contribution >= 4 is 27.5 Å². The number of methoxy groups -OCH3 is 1. The van der Waals surface area contributed by atoms with E-state index in [1.807, 2.05) is 44.2 Å². The average molecular weight is 504 g/mol. The fourth-order valence-corrected chi connectivity index (χ4v) is 4.65. The van der Waals surface area contributed by atoms with Crippen molar-refractivity contribution in [2.75, 3.05) is 30.8 Å². The molecule has 8 nitrogen and oxygen atoms in total. The van der Waals surface area contributed by atoms with E-state index in [9.17, 15) is 18.0 Å². The summed E-state index contributed by atoms with van der Waals surface area (Å²) in [5.41, 5.74) is 2.39. The van der Waals surface area contributed by atoms with E-state index in [0.717, 1.165) is 23.8 Å². The first-order valence-electron chi connectivity index (χ1n) is 11.8. The second-order valence-electron chi connectivity index (χ2n) is 8.61. The summed E-state index contributed by atoms with van der Waals surface area (Å²) in [7, 11) is -1.93. The molecule has 0 saturated carbocycles. The lowest BCUT2D eigenvalue weighted by Crippen LogP contribution is -2.47. The molecular formula is C26H37N3O5S. The topological polar surface area (TPSA) is 96.0 Å². The van der Waals surface area contributed by atoms with Crippen molar-refractivity contribution in [2.45, 2.75) is 52.6 Å². The number of anilines is 1. The highest BCUT2D eigenvalue weighted by atomic mass is 32.2. The molecule has 0 aromatic heterocycles. The van der Waals surface area contributed by atoms with Crippen molar-refractivity contribution in [3.8, 4) is 5.75 Å². The summed E-state index contributed by atoms with van der Waals surface area (Å²) in [6.45, 7) is 6.54. The van der Waals surface area contributed by atoms with Crippen LogP contribution in [0.3, 0.4) is 0 Å². The molecule has 0 aliphatic carbocycles. The van der Waals surface area contributed by atoms with Gasteiger partial charge in [0, 0.05) is 26.1 Å². The van der Waals surface area contributed by atoms with E-state index >= 15 is 0 Å². The molecule has 2 aromatic carbocycles. The lowest BCUT2D eigenvalue weighted by atomic mass is 10.1. The molecule has 0 saturated heterocycles. The second kappa shape index (κ2) is 13.1. The van der Waals surface area contributed by atoms with Crippen molar-refractivity contribution in [2.24, 2.45) is 0 Å². The van der Waals surface area contributed by atoms with Crippen LogP contribution in [0.25, 0.3) is 0 Å². The fraction of sp³-hybridized carbons (Fsp3) is 0.462. The van der Waals surface area contributed by atoms with E-state index < -0.39 is 16.1 Å². The lowest BCUT2D eigenvalue weighted by molar-refractivity contribution is -0.140. The molecule has 2 amide bonds. The molecule has 192 valence electrons. The Morgan fingerprint density at radius 1 is 1.11 bits per heavy atom. The molecule has 0 bridgehead atoms. The van der Waals surface area contributed by atoms with E-state index in [2.05, 4.69) is 5.32 Å².